The summed E-state index contributed by atoms with van der Waals surface area (Å²) in [5.74, 6) is -3.04. The number of ether oxygens (including phenoxy) is 1. The average Bonchev–Trinajstić information content (AvgIpc) is 3.07. The molecule has 0 radical (unpaired) electrons. The van der Waals surface area contributed by atoms with Crippen molar-refractivity contribution >= 4 is 62.8 Å². The number of carboxylic acid groups (broad SMARTS) is 2. The number of nitrogens with two attached hydrogens (primary N) is 1. The highest BCUT2D eigenvalue weighted by molar-refractivity contribution is 6.31. The first-order valence-corrected chi connectivity index (χ1v) is 14.8. The van der Waals surface area contributed by atoms with Crippen LogP contribution in [0.1, 0.15) is 50.6 Å². The van der Waals surface area contributed by atoms with Crippen LogP contribution in [0.25, 0.3) is 44.3 Å². The molecule has 12 heteroatoms. The maximum Gasteiger partial charge on any atom is 0.356 e. The molecule has 5 N–H and O–H groups in total. The van der Waals surface area contributed by atoms with Crippen molar-refractivity contribution in [1.29, 1.82) is 0 Å². The van der Waals surface area contributed by atoms with Crippen molar-refractivity contribution in [2.24, 2.45) is 0 Å². The van der Waals surface area contributed by atoms with Gasteiger partial charge in [0, 0.05) is 45.8 Å². The number of para-hydroxylation sites is 1. The minimum atomic E-state index is -1.29. The van der Waals surface area contributed by atoms with E-state index in [0.29, 0.717) is 39.0 Å². The molecule has 4 aromatic rings. The molecule has 6 rings (SSSR count). The predicted molar refractivity (Wildman–Crippen MR) is 180 cm³/mol. The molecule has 2 heterocycles. The van der Waals surface area contributed by atoms with Gasteiger partial charge in [-0.05, 0) is 54.1 Å². The summed E-state index contributed by atoms with van der Waals surface area (Å²) in [5.41, 5.74) is 8.50. The Labute approximate surface area is 272 Å². The van der Waals surface area contributed by atoms with Crippen LogP contribution in [0.15, 0.2) is 82.0 Å². The van der Waals surface area contributed by atoms with E-state index in [1.165, 1.54) is 37.4 Å². The lowest BCUT2D eigenvalue weighted by Gasteiger charge is -2.20. The largest absolute Gasteiger partial charge is 0.478 e. The molecule has 0 bridgehead atoms. The predicted octanol–water partition coefficient (Wildman–Crippen LogP) is 7.17. The van der Waals surface area contributed by atoms with E-state index in [2.05, 4.69) is 10.3 Å². The number of methoxy groups -OCH3 is 1. The van der Waals surface area contributed by atoms with Gasteiger partial charge in [0.2, 0.25) is 5.43 Å². The zero-order valence-corrected chi connectivity index (χ0v) is 26.1. The number of anilines is 2. The van der Waals surface area contributed by atoms with Gasteiger partial charge in [-0.25, -0.2) is 19.4 Å². The van der Waals surface area contributed by atoms with Crippen LogP contribution in [-0.4, -0.2) is 40.2 Å². The molecule has 238 valence electrons. The van der Waals surface area contributed by atoms with Gasteiger partial charge < -0.3 is 30.4 Å². The Balaban J connectivity index is 0.00000213. The first kappa shape index (κ1) is 32.5. The van der Waals surface area contributed by atoms with Gasteiger partial charge in [0.25, 0.3) is 0 Å². The molecular formula is C35H28ClN3O8. The van der Waals surface area contributed by atoms with Gasteiger partial charge in [0.15, 0.2) is 0 Å². The fourth-order valence-corrected chi connectivity index (χ4v) is 5.42. The summed E-state index contributed by atoms with van der Waals surface area (Å²) in [7, 11) is 1.27. The second kappa shape index (κ2) is 13.2. The highest BCUT2D eigenvalue weighted by Crippen LogP contribution is 2.44. The van der Waals surface area contributed by atoms with Crippen molar-refractivity contribution in [3.8, 4) is 22.5 Å². The number of nitrogens with one attached hydrogen (secondary N) is 1. The monoisotopic (exact) mass is 653 g/mol. The Hall–Kier alpha value is -5.94. The van der Waals surface area contributed by atoms with E-state index >= 15 is 0 Å². The number of aromatic carboxylic acids is 2. The zero-order valence-electron chi connectivity index (χ0n) is 25.4. The maximum absolute atomic E-state index is 12.6. The van der Waals surface area contributed by atoms with Gasteiger partial charge in [-0.3, -0.25) is 4.79 Å². The third-order valence-electron chi connectivity index (χ3n) is 7.42. The van der Waals surface area contributed by atoms with E-state index in [0.717, 1.165) is 5.39 Å². The number of carbonyl (C=O) groups excluding carboxylic acids is 1. The van der Waals surface area contributed by atoms with Crippen molar-refractivity contribution in [1.82, 2.24) is 4.98 Å². The number of benzene rings is 4. The molecule has 0 saturated heterocycles. The molecular weight excluding hydrogens is 626 g/mol. The summed E-state index contributed by atoms with van der Waals surface area (Å²) in [6.07, 6.45) is 0. The maximum atomic E-state index is 12.6. The molecule has 3 aromatic carbocycles. The Bertz CT molecular complexity index is 2250. The van der Waals surface area contributed by atoms with Crippen LogP contribution in [0.5, 0.6) is 0 Å². The number of nitrogen functional groups attached to an aromatic ring is 1. The first-order chi connectivity index (χ1) is 22.6. The van der Waals surface area contributed by atoms with Gasteiger partial charge in [0.05, 0.1) is 34.5 Å². The van der Waals surface area contributed by atoms with E-state index in [1.807, 2.05) is 26.0 Å². The molecule has 11 nitrogen and oxygen atoms in total. The van der Waals surface area contributed by atoms with Crippen LogP contribution in [0.2, 0.25) is 5.02 Å². The molecule has 1 aliphatic heterocycles. The first-order valence-electron chi connectivity index (χ1n) is 14.4. The number of carboxylic acids is 2. The number of rotatable bonds is 7. The summed E-state index contributed by atoms with van der Waals surface area (Å²) in [6.45, 7) is 4.08. The number of hydrogen-bond donors (Lipinski definition) is 4. The topological polar surface area (TPSA) is 182 Å². The van der Waals surface area contributed by atoms with Gasteiger partial charge in [0.1, 0.15) is 17.0 Å². The van der Waals surface area contributed by atoms with Crippen LogP contribution >= 0.6 is 11.6 Å². The van der Waals surface area contributed by atoms with Crippen molar-refractivity contribution < 1.29 is 33.8 Å². The Kier molecular flexibility index (Phi) is 9.11. The number of carbonyl (C=O) groups is 3. The highest BCUT2D eigenvalue weighted by atomic mass is 35.5. The second-order valence-electron chi connectivity index (χ2n) is 10.1. The van der Waals surface area contributed by atoms with E-state index in [-0.39, 0.29) is 45.3 Å². The van der Waals surface area contributed by atoms with Crippen molar-refractivity contribution in [3.63, 3.8) is 0 Å². The van der Waals surface area contributed by atoms with Gasteiger partial charge >= 0.3 is 17.9 Å². The Morgan fingerprint density at radius 3 is 2.43 bits per heavy atom. The van der Waals surface area contributed by atoms with Crippen LogP contribution in [0.4, 0.5) is 11.4 Å². The van der Waals surface area contributed by atoms with Crippen LogP contribution in [0, 0.1) is 0 Å². The van der Waals surface area contributed by atoms with Crippen LogP contribution < -0.4 is 16.5 Å². The quantitative estimate of drug-likeness (QED) is 0.0778. The lowest BCUT2D eigenvalue weighted by Crippen LogP contribution is -2.09. The molecule has 0 amide bonds. The number of halogens is 1. The highest BCUT2D eigenvalue weighted by Gasteiger charge is 2.25. The summed E-state index contributed by atoms with van der Waals surface area (Å²) < 4.78 is 11.1. The molecule has 0 unspecified atom stereocenters. The fourth-order valence-electron chi connectivity index (χ4n) is 5.26. The van der Waals surface area contributed by atoms with E-state index in [9.17, 15) is 29.4 Å². The van der Waals surface area contributed by atoms with Gasteiger partial charge in [-0.2, -0.15) is 0 Å². The van der Waals surface area contributed by atoms with E-state index in [4.69, 9.17) is 26.5 Å². The molecule has 1 aromatic heterocycles. The number of esters is 1. The minimum absolute atomic E-state index is 0.0830. The zero-order chi connectivity index (χ0) is 34.0. The molecule has 0 spiro atoms. The third kappa shape index (κ3) is 6.03. The Morgan fingerprint density at radius 2 is 1.72 bits per heavy atom. The van der Waals surface area contributed by atoms with Gasteiger partial charge in [-0.15, -0.1) is 0 Å². The normalized spacial score (nSPS) is 10.8. The minimum Gasteiger partial charge on any atom is -0.478 e. The van der Waals surface area contributed by atoms with E-state index in [1.54, 1.807) is 30.3 Å². The molecule has 0 saturated carbocycles. The number of hydrogen-bond acceptors (Lipinski definition) is 9. The van der Waals surface area contributed by atoms with Crippen LogP contribution in [-0.2, 0) is 11.3 Å². The molecule has 2 aliphatic rings. The van der Waals surface area contributed by atoms with E-state index < -0.39 is 23.3 Å². The standard InChI is InChI=1S/C33H22ClN3O8.C2H6/c1-44-33(43)25-10-6-15-3-2-4-24(29(15)37-25)36-14-21-23(35)9-8-18-28(19-11-16(31(39)40)5-7-17(19)32(41)42)20-12-22(34)26(38)13-27(20)45-30(18)21;1-2/h2-13,36H,14,35H2,1H3,(H,39,40)(H,41,42);1-2H3. The molecule has 0 atom stereocenters. The third-order valence-corrected chi connectivity index (χ3v) is 7.71. The Morgan fingerprint density at radius 1 is 0.957 bits per heavy atom. The molecule has 0 fully saturated rings. The summed E-state index contributed by atoms with van der Waals surface area (Å²) in [4.78, 5) is 53.4. The number of fused-ring (bicyclic) bond motifs is 3. The number of aromatic nitrogens is 1. The smallest absolute Gasteiger partial charge is 0.356 e. The van der Waals surface area contributed by atoms with Crippen molar-refractivity contribution in [3.05, 3.63) is 110 Å². The number of pyridine rings is 1. The fraction of sp³-hybridized carbons (Fsp3) is 0.114. The lowest BCUT2D eigenvalue weighted by molar-refractivity contribution is 0.0593. The number of nitrogens with zero attached hydrogens (tertiary/aromatic N) is 1. The summed E-state index contributed by atoms with van der Waals surface area (Å²) >= 11 is 6.21. The SMILES string of the molecule is CC.COC(=O)c1ccc2cccc(NCc3c(N)ccc4c(-c5cc(C(=O)O)ccc5C(=O)O)c5cc(Cl)c(=O)cc-5oc34)c2n1. The summed E-state index contributed by atoms with van der Waals surface area (Å²) in [6, 6.07) is 18.2. The molecule has 1 aliphatic carbocycles. The van der Waals surface area contributed by atoms with Crippen molar-refractivity contribution in [2.75, 3.05) is 18.2 Å². The molecule has 47 heavy (non-hydrogen) atoms. The van der Waals surface area contributed by atoms with Crippen LogP contribution in [0.3, 0.4) is 0 Å². The second-order valence-corrected chi connectivity index (χ2v) is 10.5. The lowest BCUT2D eigenvalue weighted by atomic mass is 9.88. The van der Waals surface area contributed by atoms with Gasteiger partial charge in [-0.1, -0.05) is 43.6 Å². The average molecular weight is 654 g/mol. The van der Waals surface area contributed by atoms with Crippen molar-refractivity contribution in [2.45, 2.75) is 20.4 Å². The summed E-state index contributed by atoms with van der Waals surface area (Å²) in [5, 5.41) is 24.1.